The zero-order chi connectivity index (χ0) is 16.7. The van der Waals surface area contributed by atoms with Crippen LogP contribution in [0.5, 0.6) is 0 Å². The molecule has 1 aromatic carbocycles. The fraction of sp³-hybridized carbons (Fsp3) is 0.278. The fourth-order valence-corrected chi connectivity index (χ4v) is 2.42. The van der Waals surface area contributed by atoms with Gasteiger partial charge in [0.05, 0.1) is 17.6 Å². The predicted octanol–water partition coefficient (Wildman–Crippen LogP) is 2.74. The molecule has 4 nitrogen and oxygen atoms in total. The van der Waals surface area contributed by atoms with Gasteiger partial charge in [-0.25, -0.2) is 4.68 Å². The van der Waals surface area contributed by atoms with Gasteiger partial charge in [0.1, 0.15) is 0 Å². The molecular weight excluding hydrogens is 310 g/mol. The number of ether oxygens (including phenoxy) is 1. The number of nitrogens with one attached hydrogen (secondary N) is 1. The van der Waals surface area contributed by atoms with E-state index < -0.39 is 0 Å². The summed E-state index contributed by atoms with van der Waals surface area (Å²) < 4.78 is 7.02. The number of allylic oxidation sites excluding steroid dienone is 1. The van der Waals surface area contributed by atoms with Crippen LogP contribution in [0.1, 0.15) is 13.3 Å². The van der Waals surface area contributed by atoms with Gasteiger partial charge >= 0.3 is 0 Å². The number of hydrogen-bond acceptors (Lipinski definition) is 3. The summed E-state index contributed by atoms with van der Waals surface area (Å²) in [6.45, 7) is 7.23. The van der Waals surface area contributed by atoms with E-state index in [1.165, 1.54) is 0 Å². The van der Waals surface area contributed by atoms with E-state index in [1.807, 2.05) is 35.0 Å². The van der Waals surface area contributed by atoms with Crippen molar-refractivity contribution >= 4 is 29.6 Å². The van der Waals surface area contributed by atoms with Crippen LogP contribution in [0.25, 0.3) is 17.8 Å². The van der Waals surface area contributed by atoms with E-state index in [9.17, 15) is 0 Å². The normalized spacial score (nSPS) is 12.7. The van der Waals surface area contributed by atoms with Crippen molar-refractivity contribution in [1.82, 2.24) is 9.78 Å². The van der Waals surface area contributed by atoms with E-state index in [0.717, 1.165) is 28.5 Å². The van der Waals surface area contributed by atoms with E-state index in [2.05, 4.69) is 24.9 Å². The van der Waals surface area contributed by atoms with Crippen molar-refractivity contribution in [3.8, 4) is 5.69 Å². The van der Waals surface area contributed by atoms with Gasteiger partial charge in [-0.1, -0.05) is 37.3 Å². The molecule has 2 aromatic rings. The van der Waals surface area contributed by atoms with Gasteiger partial charge < -0.3 is 10.1 Å². The maximum atomic E-state index is 5.99. The highest BCUT2D eigenvalue weighted by atomic mass is 35.5. The van der Waals surface area contributed by atoms with E-state index in [1.54, 1.807) is 13.2 Å². The second-order valence-corrected chi connectivity index (χ2v) is 5.41. The van der Waals surface area contributed by atoms with Gasteiger partial charge in [-0.3, -0.25) is 0 Å². The van der Waals surface area contributed by atoms with Crippen molar-refractivity contribution in [2.75, 3.05) is 25.6 Å². The van der Waals surface area contributed by atoms with Gasteiger partial charge in [0, 0.05) is 23.9 Å². The van der Waals surface area contributed by atoms with Crippen LogP contribution in [0, 0.1) is 0 Å². The van der Waals surface area contributed by atoms with Gasteiger partial charge in [0.25, 0.3) is 0 Å². The van der Waals surface area contributed by atoms with E-state index in [-0.39, 0.29) is 0 Å². The van der Waals surface area contributed by atoms with Crippen LogP contribution in [-0.4, -0.2) is 30.0 Å². The molecule has 0 atom stereocenters. The lowest BCUT2D eigenvalue weighted by Gasteiger charge is -2.03. The summed E-state index contributed by atoms with van der Waals surface area (Å²) in [6.07, 6.45) is 6.81. The van der Waals surface area contributed by atoms with Crippen molar-refractivity contribution in [3.05, 3.63) is 52.5 Å². The highest BCUT2D eigenvalue weighted by Gasteiger charge is 2.08. The lowest BCUT2D eigenvalue weighted by Crippen LogP contribution is -2.29. The first-order valence-corrected chi connectivity index (χ1v) is 7.99. The zero-order valence-corrected chi connectivity index (χ0v) is 14.3. The van der Waals surface area contributed by atoms with Crippen LogP contribution in [-0.2, 0) is 4.74 Å². The molecule has 122 valence electrons. The third-order valence-electron chi connectivity index (χ3n) is 3.31. The van der Waals surface area contributed by atoms with Crippen LogP contribution in [0.15, 0.2) is 36.9 Å². The Morgan fingerprint density at radius 3 is 2.70 bits per heavy atom. The summed E-state index contributed by atoms with van der Waals surface area (Å²) in [4.78, 5) is 0. The topological polar surface area (TPSA) is 39.1 Å². The van der Waals surface area contributed by atoms with Crippen molar-refractivity contribution in [1.29, 1.82) is 0 Å². The number of anilines is 1. The number of hydrogen-bond donors (Lipinski definition) is 1. The Morgan fingerprint density at radius 2 is 2.09 bits per heavy atom. The quantitative estimate of drug-likeness (QED) is 0.793. The molecule has 0 aliphatic carbocycles. The number of aromatic nitrogens is 2. The van der Waals surface area contributed by atoms with Gasteiger partial charge in [-0.05, 0) is 36.8 Å². The van der Waals surface area contributed by atoms with E-state index in [4.69, 9.17) is 21.4 Å². The number of benzene rings is 1. The summed E-state index contributed by atoms with van der Waals surface area (Å²) in [5.74, 6) is 0.816. The molecule has 0 fully saturated rings. The molecular formula is C18H22ClN3O. The number of halogens is 1. The van der Waals surface area contributed by atoms with Crippen molar-refractivity contribution in [2.24, 2.45) is 0 Å². The SMILES string of the molecule is C=C/C=c1/c(NCCOC)nn(-c2ccc(Cl)cc2)/c1=C/CC. The Bertz CT molecular complexity index is 763. The standard InChI is InChI=1S/C18H22ClN3O/c1-4-6-16-17(7-5-2)22(15-10-8-14(19)9-11-15)21-18(16)20-12-13-23-3/h4,6-11H,1,5,12-13H2,2-3H3,(H,20,21)/b16-6+,17-7+. The predicted molar refractivity (Wildman–Crippen MR) is 97.6 cm³/mol. The highest BCUT2D eigenvalue weighted by Crippen LogP contribution is 2.11. The van der Waals surface area contributed by atoms with Gasteiger partial charge in [0.15, 0.2) is 5.82 Å². The van der Waals surface area contributed by atoms with Crippen molar-refractivity contribution in [2.45, 2.75) is 13.3 Å². The average Bonchev–Trinajstić information content (AvgIpc) is 2.88. The summed E-state index contributed by atoms with van der Waals surface area (Å²) in [7, 11) is 1.68. The maximum Gasteiger partial charge on any atom is 0.156 e. The summed E-state index contributed by atoms with van der Waals surface area (Å²) in [6, 6.07) is 7.64. The number of nitrogens with zero attached hydrogens (tertiary/aromatic N) is 2. The van der Waals surface area contributed by atoms with Crippen LogP contribution in [0.3, 0.4) is 0 Å². The van der Waals surface area contributed by atoms with Gasteiger partial charge in [-0.2, -0.15) is 0 Å². The minimum atomic E-state index is 0.619. The molecule has 2 rings (SSSR count). The Balaban J connectivity index is 2.59. The minimum Gasteiger partial charge on any atom is -0.383 e. The molecule has 5 heteroatoms. The summed E-state index contributed by atoms with van der Waals surface area (Å²) >= 11 is 5.99. The lowest BCUT2D eigenvalue weighted by molar-refractivity contribution is 0.210. The monoisotopic (exact) mass is 331 g/mol. The Morgan fingerprint density at radius 1 is 1.35 bits per heavy atom. The molecule has 0 spiro atoms. The molecule has 0 saturated heterocycles. The fourth-order valence-electron chi connectivity index (χ4n) is 2.30. The Kier molecular flexibility index (Phi) is 6.44. The largest absolute Gasteiger partial charge is 0.383 e. The first-order valence-electron chi connectivity index (χ1n) is 7.62. The Labute approximate surface area is 141 Å². The average molecular weight is 332 g/mol. The highest BCUT2D eigenvalue weighted by molar-refractivity contribution is 6.30. The first-order chi connectivity index (χ1) is 11.2. The van der Waals surface area contributed by atoms with Crippen LogP contribution in [0.2, 0.25) is 5.02 Å². The van der Waals surface area contributed by atoms with Gasteiger partial charge in [-0.15, -0.1) is 5.10 Å². The first kappa shape index (κ1) is 17.3. The van der Waals surface area contributed by atoms with Crippen molar-refractivity contribution in [3.63, 3.8) is 0 Å². The molecule has 0 amide bonds. The van der Waals surface area contributed by atoms with Crippen molar-refractivity contribution < 1.29 is 4.74 Å². The summed E-state index contributed by atoms with van der Waals surface area (Å²) in [5, 5.41) is 10.8. The Hall–Kier alpha value is -2.04. The van der Waals surface area contributed by atoms with Crippen LogP contribution < -0.4 is 15.9 Å². The van der Waals surface area contributed by atoms with E-state index >= 15 is 0 Å². The van der Waals surface area contributed by atoms with Crippen LogP contribution >= 0.6 is 11.6 Å². The molecule has 0 radical (unpaired) electrons. The molecule has 23 heavy (non-hydrogen) atoms. The smallest absolute Gasteiger partial charge is 0.156 e. The third kappa shape index (κ3) is 4.24. The molecule has 0 bridgehead atoms. The molecule has 0 unspecified atom stereocenters. The minimum absolute atomic E-state index is 0.619. The maximum absolute atomic E-state index is 5.99. The third-order valence-corrected chi connectivity index (χ3v) is 3.56. The summed E-state index contributed by atoms with van der Waals surface area (Å²) in [5.41, 5.74) is 0.965. The molecule has 0 saturated carbocycles. The molecule has 0 aliphatic rings. The molecule has 1 N–H and O–H groups in total. The zero-order valence-electron chi connectivity index (χ0n) is 13.6. The second kappa shape index (κ2) is 8.56. The molecule has 0 aliphatic heterocycles. The second-order valence-electron chi connectivity index (χ2n) is 4.97. The van der Waals surface area contributed by atoms with Crippen LogP contribution in [0.4, 0.5) is 5.82 Å². The van der Waals surface area contributed by atoms with E-state index in [0.29, 0.717) is 18.2 Å². The lowest BCUT2D eigenvalue weighted by atomic mass is 10.3. The molecule has 1 heterocycles. The van der Waals surface area contributed by atoms with Gasteiger partial charge in [0.2, 0.25) is 0 Å². The molecule has 1 aromatic heterocycles. The number of rotatable bonds is 7. The number of methoxy groups -OCH3 is 1.